The second kappa shape index (κ2) is 12.2. The van der Waals surface area contributed by atoms with Crippen LogP contribution in [0.15, 0.2) is 77.7 Å². The van der Waals surface area contributed by atoms with E-state index in [0.717, 1.165) is 50.5 Å². The van der Waals surface area contributed by atoms with Crippen LogP contribution in [0.5, 0.6) is 0 Å². The number of nitrogens with zero attached hydrogens (tertiary/aromatic N) is 1. The second-order valence-corrected chi connectivity index (χ2v) is 11.0. The normalized spacial score (nSPS) is 11.3. The number of carbonyl (C=O) groups is 1. The third-order valence-electron chi connectivity index (χ3n) is 5.01. The number of halogens is 2. The minimum atomic E-state index is -4.06. The molecule has 0 radical (unpaired) electrons. The van der Waals surface area contributed by atoms with Crippen molar-refractivity contribution in [3.05, 3.63) is 94.8 Å². The van der Waals surface area contributed by atoms with Gasteiger partial charge in [0.2, 0.25) is 5.91 Å². The zero-order valence-corrected chi connectivity index (χ0v) is 21.1. The number of nitrogens with one attached hydrogen (secondary N) is 1. The number of rotatable bonds is 11. The summed E-state index contributed by atoms with van der Waals surface area (Å²) >= 11 is 7.87. The first kappa shape index (κ1) is 26.1. The number of hydrogen-bond acceptors (Lipinski definition) is 4. The topological polar surface area (TPSA) is 66.5 Å². The second-order valence-electron chi connectivity index (χ2n) is 7.65. The molecule has 5 nitrogen and oxygen atoms in total. The summed E-state index contributed by atoms with van der Waals surface area (Å²) in [6, 6.07) is 19.1. The number of hydrogen-bond donors (Lipinski definition) is 1. The molecule has 9 heteroatoms. The molecule has 34 heavy (non-hydrogen) atoms. The predicted octanol–water partition coefficient (Wildman–Crippen LogP) is 5.42. The molecule has 1 amide bonds. The lowest BCUT2D eigenvalue weighted by molar-refractivity contribution is -0.119. The van der Waals surface area contributed by atoms with Crippen LogP contribution in [0.3, 0.4) is 0 Å². The highest BCUT2D eigenvalue weighted by Crippen LogP contribution is 2.24. The zero-order valence-electron chi connectivity index (χ0n) is 18.7. The van der Waals surface area contributed by atoms with Gasteiger partial charge >= 0.3 is 0 Å². The van der Waals surface area contributed by atoms with Crippen LogP contribution >= 0.6 is 23.4 Å². The zero-order chi connectivity index (χ0) is 24.6. The van der Waals surface area contributed by atoms with Gasteiger partial charge in [-0.25, -0.2) is 12.8 Å². The first-order chi connectivity index (χ1) is 16.3. The van der Waals surface area contributed by atoms with E-state index >= 15 is 0 Å². The number of amides is 1. The molecule has 0 aliphatic heterocycles. The number of aryl methyl sites for hydroxylation is 1. The number of anilines is 1. The molecule has 1 N–H and O–H groups in total. The quantitative estimate of drug-likeness (QED) is 0.343. The van der Waals surface area contributed by atoms with Crippen molar-refractivity contribution in [2.45, 2.75) is 24.0 Å². The van der Waals surface area contributed by atoms with Gasteiger partial charge in [-0.05, 0) is 67.1 Å². The monoisotopic (exact) mass is 520 g/mol. The number of benzene rings is 3. The van der Waals surface area contributed by atoms with Crippen LogP contribution in [0.2, 0.25) is 5.02 Å². The molecule has 0 aliphatic rings. The van der Waals surface area contributed by atoms with Gasteiger partial charge in [0.15, 0.2) is 0 Å². The molecule has 0 bridgehead atoms. The number of thioether (sulfide) groups is 1. The molecule has 180 valence electrons. The fourth-order valence-corrected chi connectivity index (χ4v) is 5.81. The first-order valence-corrected chi connectivity index (χ1v) is 13.7. The van der Waals surface area contributed by atoms with Gasteiger partial charge in [-0.1, -0.05) is 47.5 Å². The van der Waals surface area contributed by atoms with E-state index in [-0.39, 0.29) is 11.4 Å². The van der Waals surface area contributed by atoms with E-state index in [1.165, 1.54) is 12.1 Å². The molecule has 0 heterocycles. The summed E-state index contributed by atoms with van der Waals surface area (Å²) in [5.74, 6) is 0.652. The summed E-state index contributed by atoms with van der Waals surface area (Å²) in [5, 5.41) is 3.53. The molecule has 0 aliphatic carbocycles. The molecule has 3 aromatic carbocycles. The Labute approximate surface area is 209 Å². The smallest absolute Gasteiger partial charge is 0.264 e. The summed E-state index contributed by atoms with van der Waals surface area (Å²) in [7, 11) is -4.06. The van der Waals surface area contributed by atoms with Crippen LogP contribution in [0.25, 0.3) is 0 Å². The van der Waals surface area contributed by atoms with Crippen LogP contribution in [0.4, 0.5) is 10.1 Å². The molecule has 0 fully saturated rings. The van der Waals surface area contributed by atoms with Crippen molar-refractivity contribution in [1.82, 2.24) is 5.32 Å². The minimum absolute atomic E-state index is 0.0850. The van der Waals surface area contributed by atoms with Crippen LogP contribution in [-0.2, 0) is 20.6 Å². The fraction of sp³-hybridized carbons (Fsp3) is 0.240. The highest BCUT2D eigenvalue weighted by atomic mass is 35.5. The molecule has 0 unspecified atom stereocenters. The van der Waals surface area contributed by atoms with Crippen molar-refractivity contribution in [2.24, 2.45) is 0 Å². The minimum Gasteiger partial charge on any atom is -0.354 e. The Morgan fingerprint density at radius 2 is 1.71 bits per heavy atom. The molecule has 0 saturated heterocycles. The predicted molar refractivity (Wildman–Crippen MR) is 137 cm³/mol. The average Bonchev–Trinajstić information content (AvgIpc) is 2.82. The molecular formula is C25H26ClFN2O3S2. The molecule has 3 rings (SSSR count). The van der Waals surface area contributed by atoms with Gasteiger partial charge in [-0.2, -0.15) is 11.8 Å². The first-order valence-electron chi connectivity index (χ1n) is 10.7. The van der Waals surface area contributed by atoms with Crippen molar-refractivity contribution in [2.75, 3.05) is 23.1 Å². The van der Waals surface area contributed by atoms with Crippen molar-refractivity contribution < 1.29 is 17.6 Å². The van der Waals surface area contributed by atoms with E-state index in [9.17, 15) is 17.6 Å². The Balaban J connectivity index is 1.59. The van der Waals surface area contributed by atoms with Gasteiger partial charge in [0.05, 0.1) is 10.6 Å². The average molecular weight is 521 g/mol. The van der Waals surface area contributed by atoms with Crippen LogP contribution in [0.1, 0.15) is 17.5 Å². The fourth-order valence-electron chi connectivity index (χ4n) is 3.15. The van der Waals surface area contributed by atoms with Gasteiger partial charge in [-0.15, -0.1) is 0 Å². The van der Waals surface area contributed by atoms with Crippen LogP contribution < -0.4 is 9.62 Å². The van der Waals surface area contributed by atoms with E-state index in [1.54, 1.807) is 36.0 Å². The standard InChI is InChI=1S/C25H26ClFN2O3S2/c1-19-7-11-22(12-8-19)29(34(31,32)23-13-9-21(27)10-14-23)17-25(30)28-15-4-16-33-18-20-5-2-3-6-24(20)26/h2-3,5-14H,4,15-18H2,1H3,(H,28,30). The van der Waals surface area contributed by atoms with Gasteiger partial charge < -0.3 is 5.32 Å². The van der Waals surface area contributed by atoms with E-state index in [2.05, 4.69) is 5.32 Å². The molecule has 0 saturated carbocycles. The molecular weight excluding hydrogens is 495 g/mol. The lowest BCUT2D eigenvalue weighted by atomic mass is 10.2. The van der Waals surface area contributed by atoms with E-state index in [4.69, 9.17) is 11.6 Å². The third-order valence-corrected chi connectivity index (χ3v) is 8.26. The summed E-state index contributed by atoms with van der Waals surface area (Å²) < 4.78 is 40.9. The summed E-state index contributed by atoms with van der Waals surface area (Å²) in [6.45, 7) is 1.93. The maximum atomic E-state index is 13.3. The van der Waals surface area contributed by atoms with Crippen LogP contribution in [0, 0.1) is 12.7 Å². The molecule has 3 aromatic rings. The van der Waals surface area contributed by atoms with Gasteiger partial charge in [-0.3, -0.25) is 9.10 Å². The van der Waals surface area contributed by atoms with E-state index in [0.29, 0.717) is 12.2 Å². The van der Waals surface area contributed by atoms with E-state index in [1.807, 2.05) is 31.2 Å². The van der Waals surface area contributed by atoms with Crippen molar-refractivity contribution >= 4 is 45.0 Å². The Morgan fingerprint density at radius 3 is 2.38 bits per heavy atom. The maximum Gasteiger partial charge on any atom is 0.264 e. The van der Waals surface area contributed by atoms with Crippen molar-refractivity contribution in [1.29, 1.82) is 0 Å². The third kappa shape index (κ3) is 7.22. The Bertz CT molecular complexity index is 1200. The van der Waals surface area contributed by atoms with Crippen molar-refractivity contribution in [3.63, 3.8) is 0 Å². The number of sulfonamides is 1. The maximum absolute atomic E-state index is 13.3. The van der Waals surface area contributed by atoms with Gasteiger partial charge in [0.1, 0.15) is 12.4 Å². The summed E-state index contributed by atoms with van der Waals surface area (Å²) in [6.07, 6.45) is 0.732. The summed E-state index contributed by atoms with van der Waals surface area (Å²) in [5.41, 5.74) is 2.39. The molecule has 0 spiro atoms. The van der Waals surface area contributed by atoms with Crippen molar-refractivity contribution in [3.8, 4) is 0 Å². The lowest BCUT2D eigenvalue weighted by Crippen LogP contribution is -2.41. The Hall–Kier alpha value is -2.55. The summed E-state index contributed by atoms with van der Waals surface area (Å²) in [4.78, 5) is 12.5. The Morgan fingerprint density at radius 1 is 1.03 bits per heavy atom. The van der Waals surface area contributed by atoms with Gasteiger partial charge in [0, 0.05) is 17.3 Å². The Kier molecular flexibility index (Phi) is 9.38. The molecule has 0 atom stereocenters. The molecule has 0 aromatic heterocycles. The highest BCUT2D eigenvalue weighted by Gasteiger charge is 2.27. The van der Waals surface area contributed by atoms with E-state index < -0.39 is 21.7 Å². The SMILES string of the molecule is Cc1ccc(N(CC(=O)NCCCSCc2ccccc2Cl)S(=O)(=O)c2ccc(F)cc2)cc1. The lowest BCUT2D eigenvalue weighted by Gasteiger charge is -2.24. The highest BCUT2D eigenvalue weighted by molar-refractivity contribution is 7.98. The largest absolute Gasteiger partial charge is 0.354 e. The number of carbonyl (C=O) groups excluding carboxylic acids is 1. The van der Waals surface area contributed by atoms with Crippen LogP contribution in [-0.4, -0.2) is 33.2 Å². The van der Waals surface area contributed by atoms with Gasteiger partial charge in [0.25, 0.3) is 10.0 Å².